The summed E-state index contributed by atoms with van der Waals surface area (Å²) in [5.74, 6) is 0.165. The van der Waals surface area contributed by atoms with Gasteiger partial charge in [-0.15, -0.1) is 0 Å². The molecule has 2 nitrogen and oxygen atoms in total. The lowest BCUT2D eigenvalue weighted by molar-refractivity contribution is 0.0656. The molecule has 0 spiro atoms. The van der Waals surface area contributed by atoms with Crippen LogP contribution in [-0.4, -0.2) is 5.11 Å². The van der Waals surface area contributed by atoms with E-state index in [0.29, 0.717) is 17.7 Å². The Bertz CT molecular complexity index is 615. The van der Waals surface area contributed by atoms with Crippen molar-refractivity contribution in [3.63, 3.8) is 0 Å². The molecular weight excluding hydrogens is 267 g/mol. The topological polar surface area (TPSA) is 29.5 Å². The highest BCUT2D eigenvalue weighted by Gasteiger charge is 2.28. The van der Waals surface area contributed by atoms with E-state index < -0.39 is 11.9 Å². The first-order valence-electron chi connectivity index (χ1n) is 6.04. The van der Waals surface area contributed by atoms with Crippen LogP contribution in [0.4, 0.5) is 4.39 Å². The van der Waals surface area contributed by atoms with Crippen molar-refractivity contribution >= 4 is 11.6 Å². The molecule has 1 heterocycles. The maximum atomic E-state index is 13.5. The van der Waals surface area contributed by atoms with Gasteiger partial charge in [0.05, 0.1) is 11.1 Å². The molecule has 0 aliphatic carbocycles. The van der Waals surface area contributed by atoms with Crippen molar-refractivity contribution in [2.45, 2.75) is 18.6 Å². The molecule has 2 atom stereocenters. The minimum atomic E-state index is -0.603. The SMILES string of the molecule is OC1CC(c2ccc(Cl)c(F)c2)Oc2ccccc21. The van der Waals surface area contributed by atoms with Gasteiger partial charge in [-0.1, -0.05) is 35.9 Å². The molecular formula is C15H12ClFO2. The second-order valence-electron chi connectivity index (χ2n) is 4.57. The van der Waals surface area contributed by atoms with Gasteiger partial charge in [0, 0.05) is 12.0 Å². The van der Waals surface area contributed by atoms with E-state index in [4.69, 9.17) is 16.3 Å². The predicted molar refractivity (Wildman–Crippen MR) is 70.8 cm³/mol. The number of para-hydroxylation sites is 1. The Morgan fingerprint density at radius 3 is 2.79 bits per heavy atom. The Labute approximate surface area is 115 Å². The number of benzene rings is 2. The van der Waals surface area contributed by atoms with Gasteiger partial charge in [0.15, 0.2) is 0 Å². The van der Waals surface area contributed by atoms with Crippen LogP contribution in [0, 0.1) is 5.82 Å². The first-order valence-corrected chi connectivity index (χ1v) is 6.41. The first-order chi connectivity index (χ1) is 9.15. The van der Waals surface area contributed by atoms with Crippen LogP contribution in [0.15, 0.2) is 42.5 Å². The van der Waals surface area contributed by atoms with E-state index >= 15 is 0 Å². The fraction of sp³-hybridized carbons (Fsp3) is 0.200. The minimum absolute atomic E-state index is 0.0838. The quantitative estimate of drug-likeness (QED) is 0.853. The molecule has 0 aromatic heterocycles. The summed E-state index contributed by atoms with van der Waals surface area (Å²) >= 11 is 5.66. The molecule has 3 rings (SSSR count). The van der Waals surface area contributed by atoms with Crippen LogP contribution in [0.1, 0.15) is 29.8 Å². The molecule has 19 heavy (non-hydrogen) atoms. The maximum absolute atomic E-state index is 13.5. The molecule has 0 saturated heterocycles. The summed E-state index contributed by atoms with van der Waals surface area (Å²) in [6.45, 7) is 0. The number of ether oxygens (including phenoxy) is 1. The van der Waals surface area contributed by atoms with Crippen LogP contribution in [0.5, 0.6) is 5.75 Å². The molecule has 1 aliphatic rings. The monoisotopic (exact) mass is 278 g/mol. The van der Waals surface area contributed by atoms with Crippen molar-refractivity contribution in [1.29, 1.82) is 0 Å². The average molecular weight is 279 g/mol. The summed E-state index contributed by atoms with van der Waals surface area (Å²) in [5.41, 5.74) is 1.45. The van der Waals surface area contributed by atoms with E-state index in [-0.39, 0.29) is 11.1 Å². The molecule has 2 aromatic rings. The second-order valence-corrected chi connectivity index (χ2v) is 4.98. The molecule has 0 saturated carbocycles. The lowest BCUT2D eigenvalue weighted by atomic mass is 9.95. The van der Waals surface area contributed by atoms with E-state index in [1.54, 1.807) is 12.1 Å². The summed E-state index contributed by atoms with van der Waals surface area (Å²) < 4.78 is 19.3. The normalized spacial score (nSPS) is 21.6. The Morgan fingerprint density at radius 1 is 1.21 bits per heavy atom. The number of halogens is 2. The lowest BCUT2D eigenvalue weighted by Crippen LogP contribution is -2.19. The zero-order valence-corrected chi connectivity index (χ0v) is 10.8. The number of aliphatic hydroxyl groups excluding tert-OH is 1. The molecule has 1 N–H and O–H groups in total. The van der Waals surface area contributed by atoms with Gasteiger partial charge in [-0.25, -0.2) is 4.39 Å². The molecule has 0 fully saturated rings. The zero-order valence-electron chi connectivity index (χ0n) is 10.0. The smallest absolute Gasteiger partial charge is 0.142 e. The summed E-state index contributed by atoms with van der Waals surface area (Å²) in [5, 5.41) is 10.2. The number of rotatable bonds is 1. The van der Waals surface area contributed by atoms with Crippen molar-refractivity contribution < 1.29 is 14.2 Å². The summed E-state index contributed by atoms with van der Waals surface area (Å²) in [6.07, 6.45) is -0.566. The predicted octanol–water partition coefficient (Wildman–Crippen LogP) is 4.04. The van der Waals surface area contributed by atoms with Crippen LogP contribution < -0.4 is 4.74 Å². The van der Waals surface area contributed by atoms with Gasteiger partial charge in [-0.3, -0.25) is 0 Å². The molecule has 98 valence electrons. The average Bonchev–Trinajstić information content (AvgIpc) is 2.42. The minimum Gasteiger partial charge on any atom is -0.485 e. The third kappa shape index (κ3) is 2.31. The summed E-state index contributed by atoms with van der Waals surface area (Å²) in [6, 6.07) is 11.9. The van der Waals surface area contributed by atoms with Crippen LogP contribution >= 0.6 is 11.6 Å². The third-order valence-electron chi connectivity index (χ3n) is 3.30. The third-order valence-corrected chi connectivity index (χ3v) is 3.61. The highest BCUT2D eigenvalue weighted by molar-refractivity contribution is 6.30. The van der Waals surface area contributed by atoms with Crippen molar-refractivity contribution in [2.24, 2.45) is 0 Å². The van der Waals surface area contributed by atoms with E-state index in [2.05, 4.69) is 0 Å². The van der Waals surface area contributed by atoms with Gasteiger partial charge < -0.3 is 9.84 Å². The number of fused-ring (bicyclic) bond motifs is 1. The molecule has 2 unspecified atom stereocenters. The Kier molecular flexibility index (Phi) is 3.17. The molecule has 0 radical (unpaired) electrons. The van der Waals surface area contributed by atoms with Gasteiger partial charge >= 0.3 is 0 Å². The first kappa shape index (κ1) is 12.5. The van der Waals surface area contributed by atoms with Crippen LogP contribution in [0.3, 0.4) is 0 Å². The maximum Gasteiger partial charge on any atom is 0.142 e. The highest BCUT2D eigenvalue weighted by Crippen LogP contribution is 2.40. The number of aliphatic hydroxyl groups is 1. The number of hydrogen-bond donors (Lipinski definition) is 1. The summed E-state index contributed by atoms with van der Waals surface area (Å²) in [4.78, 5) is 0. The molecule has 4 heteroatoms. The van der Waals surface area contributed by atoms with E-state index in [0.717, 1.165) is 5.56 Å². The largest absolute Gasteiger partial charge is 0.485 e. The van der Waals surface area contributed by atoms with E-state index in [1.807, 2.05) is 18.2 Å². The van der Waals surface area contributed by atoms with Gasteiger partial charge in [0.2, 0.25) is 0 Å². The van der Waals surface area contributed by atoms with Crippen molar-refractivity contribution in [3.8, 4) is 5.75 Å². The second kappa shape index (κ2) is 4.83. The van der Waals surface area contributed by atoms with Gasteiger partial charge in [-0.2, -0.15) is 0 Å². The fourth-order valence-corrected chi connectivity index (χ4v) is 2.43. The van der Waals surface area contributed by atoms with Crippen molar-refractivity contribution in [2.75, 3.05) is 0 Å². The van der Waals surface area contributed by atoms with Gasteiger partial charge in [0.25, 0.3) is 0 Å². The fourth-order valence-electron chi connectivity index (χ4n) is 2.31. The molecule has 0 bridgehead atoms. The van der Waals surface area contributed by atoms with Crippen molar-refractivity contribution in [1.82, 2.24) is 0 Å². The summed E-state index contributed by atoms with van der Waals surface area (Å²) in [7, 11) is 0. The zero-order chi connectivity index (χ0) is 13.4. The standard InChI is InChI=1S/C15H12ClFO2/c16-11-6-5-9(7-12(11)17)15-8-13(18)10-3-1-2-4-14(10)19-15/h1-7,13,15,18H,8H2. The van der Waals surface area contributed by atoms with E-state index in [1.165, 1.54) is 12.1 Å². The van der Waals surface area contributed by atoms with Gasteiger partial charge in [0.1, 0.15) is 17.7 Å². The highest BCUT2D eigenvalue weighted by atomic mass is 35.5. The Morgan fingerprint density at radius 2 is 2.00 bits per heavy atom. The van der Waals surface area contributed by atoms with Crippen LogP contribution in [0.25, 0.3) is 0 Å². The van der Waals surface area contributed by atoms with Crippen LogP contribution in [0.2, 0.25) is 5.02 Å². The van der Waals surface area contributed by atoms with Gasteiger partial charge in [-0.05, 0) is 23.8 Å². The number of hydrogen-bond acceptors (Lipinski definition) is 2. The Balaban J connectivity index is 1.94. The van der Waals surface area contributed by atoms with Crippen LogP contribution in [-0.2, 0) is 0 Å². The molecule has 2 aromatic carbocycles. The molecule has 0 amide bonds. The lowest BCUT2D eigenvalue weighted by Gasteiger charge is -2.29. The Hall–Kier alpha value is -1.58. The molecule has 1 aliphatic heterocycles. The van der Waals surface area contributed by atoms with E-state index in [9.17, 15) is 9.50 Å². The van der Waals surface area contributed by atoms with Crippen molar-refractivity contribution in [3.05, 3.63) is 64.4 Å².